The van der Waals surface area contributed by atoms with Crippen LogP contribution in [-0.4, -0.2) is 25.7 Å². The number of benzene rings is 1. The maximum absolute atomic E-state index is 11.9. The van der Waals surface area contributed by atoms with Gasteiger partial charge in [0.15, 0.2) is 5.13 Å². The number of aryl methyl sites for hydroxylation is 2. The molecule has 23 heavy (non-hydrogen) atoms. The van der Waals surface area contributed by atoms with Crippen LogP contribution in [0.1, 0.15) is 18.9 Å². The number of rotatable bonds is 6. The molecule has 0 radical (unpaired) electrons. The Morgan fingerprint density at radius 2 is 2.13 bits per heavy atom. The van der Waals surface area contributed by atoms with Gasteiger partial charge >= 0.3 is 0 Å². The normalized spacial score (nSPS) is 10.7. The van der Waals surface area contributed by atoms with E-state index in [9.17, 15) is 4.79 Å². The number of hydrogen-bond acceptors (Lipinski definition) is 5. The maximum Gasteiger partial charge on any atom is 0.228 e. The zero-order chi connectivity index (χ0) is 16.1. The van der Waals surface area contributed by atoms with E-state index in [1.165, 1.54) is 23.2 Å². The summed E-state index contributed by atoms with van der Waals surface area (Å²) in [4.78, 5) is 20.2. The summed E-state index contributed by atoms with van der Waals surface area (Å²) in [6, 6.07) is 8.32. The molecular formula is C16H17N5OS. The lowest BCUT2D eigenvalue weighted by atomic mass is 10.1. The molecule has 0 saturated heterocycles. The summed E-state index contributed by atoms with van der Waals surface area (Å²) < 4.78 is 1.63. The summed E-state index contributed by atoms with van der Waals surface area (Å²) in [6.45, 7) is 2.63. The number of thiazole rings is 1. The van der Waals surface area contributed by atoms with Crippen LogP contribution in [0.2, 0.25) is 0 Å². The van der Waals surface area contributed by atoms with Crippen molar-refractivity contribution in [1.82, 2.24) is 19.7 Å². The summed E-state index contributed by atoms with van der Waals surface area (Å²) >= 11 is 1.43. The van der Waals surface area contributed by atoms with Crippen LogP contribution in [0.25, 0.3) is 11.3 Å². The standard InChI is InChI=1S/C16H17N5OS/c1-2-12-3-5-13(6-4-12)14-9-23-16(19-14)20-15(22)7-8-21-11-17-10-18-21/h3-6,9-11H,2,7-8H2,1H3,(H,19,20,22). The van der Waals surface area contributed by atoms with Crippen molar-refractivity contribution < 1.29 is 4.79 Å². The van der Waals surface area contributed by atoms with Gasteiger partial charge in [-0.05, 0) is 12.0 Å². The third kappa shape index (κ3) is 4.01. The van der Waals surface area contributed by atoms with Gasteiger partial charge in [-0.3, -0.25) is 9.48 Å². The molecule has 1 amide bonds. The molecule has 0 saturated carbocycles. The van der Waals surface area contributed by atoms with Crippen LogP contribution in [-0.2, 0) is 17.8 Å². The number of carbonyl (C=O) groups excluding carboxylic acids is 1. The molecule has 3 aromatic rings. The predicted octanol–water partition coefficient (Wildman–Crippen LogP) is 2.99. The summed E-state index contributed by atoms with van der Waals surface area (Å²) in [5, 5.41) is 9.36. The van der Waals surface area contributed by atoms with Crippen molar-refractivity contribution in [3.63, 3.8) is 0 Å². The fourth-order valence-electron chi connectivity index (χ4n) is 2.12. The van der Waals surface area contributed by atoms with Crippen molar-refractivity contribution in [2.24, 2.45) is 0 Å². The third-order valence-electron chi connectivity index (χ3n) is 3.44. The van der Waals surface area contributed by atoms with Crippen LogP contribution in [0.3, 0.4) is 0 Å². The molecule has 3 rings (SSSR count). The minimum absolute atomic E-state index is 0.0808. The molecule has 2 aromatic heterocycles. The number of aromatic nitrogens is 4. The number of nitrogens with one attached hydrogen (secondary N) is 1. The molecule has 0 aliphatic carbocycles. The molecule has 0 fully saturated rings. The largest absolute Gasteiger partial charge is 0.302 e. The van der Waals surface area contributed by atoms with E-state index < -0.39 is 0 Å². The van der Waals surface area contributed by atoms with Gasteiger partial charge in [-0.15, -0.1) is 11.3 Å². The number of anilines is 1. The van der Waals surface area contributed by atoms with Gasteiger partial charge in [-0.1, -0.05) is 31.2 Å². The first-order chi connectivity index (χ1) is 11.2. The zero-order valence-corrected chi connectivity index (χ0v) is 13.6. The van der Waals surface area contributed by atoms with Gasteiger partial charge in [0.1, 0.15) is 12.7 Å². The smallest absolute Gasteiger partial charge is 0.228 e. The lowest BCUT2D eigenvalue weighted by Gasteiger charge is -2.02. The van der Waals surface area contributed by atoms with Crippen molar-refractivity contribution in [2.75, 3.05) is 5.32 Å². The van der Waals surface area contributed by atoms with Gasteiger partial charge in [-0.2, -0.15) is 5.10 Å². The quantitative estimate of drug-likeness (QED) is 0.755. The second kappa shape index (κ2) is 7.15. The van der Waals surface area contributed by atoms with Gasteiger partial charge in [-0.25, -0.2) is 9.97 Å². The van der Waals surface area contributed by atoms with Crippen LogP contribution >= 0.6 is 11.3 Å². The molecule has 1 aromatic carbocycles. The van der Waals surface area contributed by atoms with E-state index in [2.05, 4.69) is 51.6 Å². The minimum Gasteiger partial charge on any atom is -0.302 e. The van der Waals surface area contributed by atoms with E-state index >= 15 is 0 Å². The van der Waals surface area contributed by atoms with Crippen LogP contribution in [0.5, 0.6) is 0 Å². The number of amides is 1. The molecule has 7 heteroatoms. The van der Waals surface area contributed by atoms with E-state index in [1.807, 2.05) is 5.38 Å². The maximum atomic E-state index is 11.9. The summed E-state index contributed by atoms with van der Waals surface area (Å²) in [5.41, 5.74) is 3.23. The Kier molecular flexibility index (Phi) is 4.77. The van der Waals surface area contributed by atoms with E-state index in [4.69, 9.17) is 0 Å². The SMILES string of the molecule is CCc1ccc(-c2csc(NC(=O)CCn3cncn3)n2)cc1. The molecule has 0 aliphatic rings. The number of nitrogens with zero attached hydrogens (tertiary/aromatic N) is 4. The van der Waals surface area contributed by atoms with Gasteiger partial charge in [0.05, 0.1) is 12.2 Å². The Labute approximate surface area is 138 Å². The first-order valence-corrected chi connectivity index (χ1v) is 8.29. The first kappa shape index (κ1) is 15.4. The Bertz CT molecular complexity index is 764. The second-order valence-corrected chi connectivity index (χ2v) is 5.90. The highest BCUT2D eigenvalue weighted by Crippen LogP contribution is 2.25. The summed E-state index contributed by atoms with van der Waals surface area (Å²) in [7, 11) is 0. The molecule has 118 valence electrons. The average molecular weight is 327 g/mol. The van der Waals surface area contributed by atoms with E-state index in [0.717, 1.165) is 17.7 Å². The van der Waals surface area contributed by atoms with Crippen LogP contribution in [0, 0.1) is 0 Å². The molecule has 0 aliphatic heterocycles. The Hall–Kier alpha value is -2.54. The highest BCUT2D eigenvalue weighted by molar-refractivity contribution is 7.14. The highest BCUT2D eigenvalue weighted by atomic mass is 32.1. The fraction of sp³-hybridized carbons (Fsp3) is 0.250. The van der Waals surface area contributed by atoms with Crippen molar-refractivity contribution in [1.29, 1.82) is 0 Å². The molecule has 6 nitrogen and oxygen atoms in total. The van der Waals surface area contributed by atoms with E-state index in [0.29, 0.717) is 18.1 Å². The molecule has 0 bridgehead atoms. The highest BCUT2D eigenvalue weighted by Gasteiger charge is 2.08. The van der Waals surface area contributed by atoms with Crippen molar-refractivity contribution >= 4 is 22.4 Å². The lowest BCUT2D eigenvalue weighted by molar-refractivity contribution is -0.116. The minimum atomic E-state index is -0.0808. The Morgan fingerprint density at radius 1 is 1.30 bits per heavy atom. The van der Waals surface area contributed by atoms with Gasteiger partial charge in [0.25, 0.3) is 0 Å². The Balaban J connectivity index is 1.58. The zero-order valence-electron chi connectivity index (χ0n) is 12.8. The van der Waals surface area contributed by atoms with Gasteiger partial charge < -0.3 is 5.32 Å². The average Bonchev–Trinajstić information content (AvgIpc) is 3.25. The molecule has 0 spiro atoms. The first-order valence-electron chi connectivity index (χ1n) is 7.41. The summed E-state index contributed by atoms with van der Waals surface area (Å²) in [5.74, 6) is -0.0808. The van der Waals surface area contributed by atoms with Crippen LogP contribution in [0.4, 0.5) is 5.13 Å². The second-order valence-electron chi connectivity index (χ2n) is 5.05. The number of hydrogen-bond donors (Lipinski definition) is 1. The van der Waals surface area contributed by atoms with E-state index in [-0.39, 0.29) is 5.91 Å². The van der Waals surface area contributed by atoms with Crippen LogP contribution < -0.4 is 5.32 Å². The van der Waals surface area contributed by atoms with Crippen molar-refractivity contribution in [3.8, 4) is 11.3 Å². The van der Waals surface area contributed by atoms with Crippen molar-refractivity contribution in [3.05, 3.63) is 47.9 Å². The fourth-order valence-corrected chi connectivity index (χ4v) is 2.86. The predicted molar refractivity (Wildman–Crippen MR) is 90.2 cm³/mol. The topological polar surface area (TPSA) is 72.7 Å². The molecule has 2 heterocycles. The third-order valence-corrected chi connectivity index (χ3v) is 4.20. The van der Waals surface area contributed by atoms with Crippen LogP contribution in [0.15, 0.2) is 42.3 Å². The molecule has 0 unspecified atom stereocenters. The van der Waals surface area contributed by atoms with Gasteiger partial charge in [0.2, 0.25) is 5.91 Å². The monoisotopic (exact) mass is 327 g/mol. The summed E-state index contributed by atoms with van der Waals surface area (Å²) in [6.07, 6.45) is 4.40. The van der Waals surface area contributed by atoms with E-state index in [1.54, 1.807) is 11.0 Å². The number of carbonyl (C=O) groups is 1. The van der Waals surface area contributed by atoms with Gasteiger partial charge in [0, 0.05) is 17.4 Å². The Morgan fingerprint density at radius 3 is 2.83 bits per heavy atom. The lowest BCUT2D eigenvalue weighted by Crippen LogP contribution is -2.14. The molecule has 0 atom stereocenters. The van der Waals surface area contributed by atoms with Crippen molar-refractivity contribution in [2.45, 2.75) is 26.3 Å². The molecular weight excluding hydrogens is 310 g/mol. The molecule has 1 N–H and O–H groups in total.